The number of likely N-dealkylation sites (tertiary alicyclic amines) is 2. The molecule has 2 fully saturated rings. The van der Waals surface area contributed by atoms with Crippen molar-refractivity contribution in [2.75, 3.05) is 26.2 Å². The molecule has 2 heterocycles. The number of halogens is 1. The van der Waals surface area contributed by atoms with Crippen molar-refractivity contribution in [2.24, 2.45) is 11.8 Å². The summed E-state index contributed by atoms with van der Waals surface area (Å²) in [5.74, 6) is 0.187. The van der Waals surface area contributed by atoms with Crippen LogP contribution in [-0.4, -0.2) is 47.8 Å². The van der Waals surface area contributed by atoms with Crippen LogP contribution in [0.1, 0.15) is 43.0 Å². The molecule has 1 aromatic carbocycles. The second kappa shape index (κ2) is 7.32. The fourth-order valence-corrected chi connectivity index (χ4v) is 3.79. The molecular weight excluding hydrogens is 307 g/mol. The van der Waals surface area contributed by atoms with E-state index >= 15 is 0 Å². The maximum atomic E-state index is 13.0. The Hall–Kier alpha value is -1.91. The van der Waals surface area contributed by atoms with Crippen LogP contribution in [0.5, 0.6) is 0 Å². The van der Waals surface area contributed by atoms with Gasteiger partial charge in [0.2, 0.25) is 5.91 Å². The molecular formula is C19H25FN2O2. The lowest BCUT2D eigenvalue weighted by Gasteiger charge is -2.37. The van der Waals surface area contributed by atoms with E-state index in [1.807, 2.05) is 4.90 Å². The van der Waals surface area contributed by atoms with E-state index < -0.39 is 0 Å². The Balaban J connectivity index is 1.64. The summed E-state index contributed by atoms with van der Waals surface area (Å²) in [5.41, 5.74) is 0.482. The maximum Gasteiger partial charge on any atom is 0.253 e. The smallest absolute Gasteiger partial charge is 0.253 e. The van der Waals surface area contributed by atoms with Gasteiger partial charge < -0.3 is 9.80 Å². The van der Waals surface area contributed by atoms with Gasteiger partial charge in [0, 0.05) is 31.7 Å². The lowest BCUT2D eigenvalue weighted by atomic mass is 9.93. The van der Waals surface area contributed by atoms with E-state index in [1.54, 1.807) is 4.90 Å². The van der Waals surface area contributed by atoms with Gasteiger partial charge in [-0.2, -0.15) is 0 Å². The summed E-state index contributed by atoms with van der Waals surface area (Å²) in [6.45, 7) is 4.99. The lowest BCUT2D eigenvalue weighted by Crippen LogP contribution is -2.48. The Morgan fingerprint density at radius 2 is 1.67 bits per heavy atom. The molecule has 2 aliphatic rings. The second-order valence-electron chi connectivity index (χ2n) is 7.13. The monoisotopic (exact) mass is 332 g/mol. The van der Waals surface area contributed by atoms with Crippen LogP contribution in [0.15, 0.2) is 24.3 Å². The van der Waals surface area contributed by atoms with E-state index in [0.29, 0.717) is 24.6 Å². The zero-order chi connectivity index (χ0) is 17.1. The molecule has 0 aliphatic carbocycles. The fraction of sp³-hybridized carbons (Fsp3) is 0.579. The van der Waals surface area contributed by atoms with Crippen molar-refractivity contribution >= 4 is 11.8 Å². The zero-order valence-electron chi connectivity index (χ0n) is 14.2. The molecule has 0 spiro atoms. The molecule has 24 heavy (non-hydrogen) atoms. The Morgan fingerprint density at radius 1 is 1.00 bits per heavy atom. The Morgan fingerprint density at radius 3 is 2.38 bits per heavy atom. The standard InChI is InChI=1S/C19H25FN2O2/c1-14-4-2-10-21(12-14)19(24)16-5-3-11-22(13-16)18(23)15-6-8-17(20)9-7-15/h6-9,14,16H,2-5,10-13H2,1H3/t14-,16-/m1/s1. The van der Waals surface area contributed by atoms with Gasteiger partial charge in [-0.3, -0.25) is 9.59 Å². The summed E-state index contributed by atoms with van der Waals surface area (Å²) in [5, 5.41) is 0. The first kappa shape index (κ1) is 16.9. The third-order valence-corrected chi connectivity index (χ3v) is 5.12. The van der Waals surface area contributed by atoms with E-state index in [2.05, 4.69) is 6.92 Å². The van der Waals surface area contributed by atoms with Crippen molar-refractivity contribution in [3.8, 4) is 0 Å². The first-order valence-electron chi connectivity index (χ1n) is 8.88. The van der Waals surface area contributed by atoms with Crippen molar-refractivity contribution in [1.29, 1.82) is 0 Å². The van der Waals surface area contributed by atoms with Crippen LogP contribution in [-0.2, 0) is 4.79 Å². The number of rotatable bonds is 2. The van der Waals surface area contributed by atoms with E-state index in [9.17, 15) is 14.0 Å². The van der Waals surface area contributed by atoms with Crippen molar-refractivity contribution in [3.63, 3.8) is 0 Å². The van der Waals surface area contributed by atoms with Gasteiger partial charge >= 0.3 is 0 Å². The first-order valence-corrected chi connectivity index (χ1v) is 8.88. The predicted molar refractivity (Wildman–Crippen MR) is 90.0 cm³/mol. The molecule has 0 saturated carbocycles. The van der Waals surface area contributed by atoms with Crippen molar-refractivity contribution in [3.05, 3.63) is 35.6 Å². The summed E-state index contributed by atoms with van der Waals surface area (Å²) in [6, 6.07) is 5.62. The highest BCUT2D eigenvalue weighted by molar-refractivity contribution is 5.94. The topological polar surface area (TPSA) is 40.6 Å². The minimum absolute atomic E-state index is 0.103. The van der Waals surface area contributed by atoms with Crippen LogP contribution in [0.4, 0.5) is 4.39 Å². The number of nitrogens with zero attached hydrogens (tertiary/aromatic N) is 2. The van der Waals surface area contributed by atoms with Crippen molar-refractivity contribution in [2.45, 2.75) is 32.6 Å². The van der Waals surface area contributed by atoms with Gasteiger partial charge in [0.15, 0.2) is 0 Å². The molecule has 2 saturated heterocycles. The van der Waals surface area contributed by atoms with Gasteiger partial charge in [0.05, 0.1) is 5.92 Å². The van der Waals surface area contributed by atoms with Gasteiger partial charge in [-0.25, -0.2) is 4.39 Å². The third-order valence-electron chi connectivity index (χ3n) is 5.12. The van der Waals surface area contributed by atoms with Crippen LogP contribution >= 0.6 is 0 Å². The van der Waals surface area contributed by atoms with Crippen LogP contribution in [0, 0.1) is 17.7 Å². The summed E-state index contributed by atoms with van der Waals surface area (Å²) in [4.78, 5) is 29.1. The molecule has 2 aliphatic heterocycles. The van der Waals surface area contributed by atoms with E-state index in [4.69, 9.17) is 0 Å². The van der Waals surface area contributed by atoms with Crippen LogP contribution in [0.3, 0.4) is 0 Å². The molecule has 3 rings (SSSR count). The molecule has 0 radical (unpaired) electrons. The van der Waals surface area contributed by atoms with Crippen molar-refractivity contribution < 1.29 is 14.0 Å². The average Bonchev–Trinajstić information content (AvgIpc) is 2.61. The molecule has 5 heteroatoms. The van der Waals surface area contributed by atoms with Gasteiger partial charge in [0.25, 0.3) is 5.91 Å². The van der Waals surface area contributed by atoms with Gasteiger partial charge in [-0.1, -0.05) is 6.92 Å². The number of piperidine rings is 2. The zero-order valence-corrected chi connectivity index (χ0v) is 14.2. The second-order valence-corrected chi connectivity index (χ2v) is 7.13. The number of hydrogen-bond acceptors (Lipinski definition) is 2. The van der Waals surface area contributed by atoms with Gasteiger partial charge in [-0.05, 0) is 55.9 Å². The molecule has 2 amide bonds. The van der Waals surface area contributed by atoms with Crippen LogP contribution < -0.4 is 0 Å². The van der Waals surface area contributed by atoms with E-state index in [1.165, 1.54) is 30.7 Å². The van der Waals surface area contributed by atoms with E-state index in [0.717, 1.165) is 32.4 Å². The van der Waals surface area contributed by atoms with Gasteiger partial charge in [0.1, 0.15) is 5.82 Å². The van der Waals surface area contributed by atoms with Crippen molar-refractivity contribution in [1.82, 2.24) is 9.80 Å². The average molecular weight is 332 g/mol. The quantitative estimate of drug-likeness (QED) is 0.835. The number of carbonyl (C=O) groups is 2. The summed E-state index contributed by atoms with van der Waals surface area (Å²) >= 11 is 0. The summed E-state index contributed by atoms with van der Waals surface area (Å²) in [6.07, 6.45) is 3.94. The summed E-state index contributed by atoms with van der Waals surface area (Å²) in [7, 11) is 0. The SMILES string of the molecule is C[C@@H]1CCCN(C(=O)[C@@H]2CCCN(C(=O)c3ccc(F)cc3)C2)C1. The number of carbonyl (C=O) groups excluding carboxylic acids is 2. The molecule has 0 unspecified atom stereocenters. The number of benzene rings is 1. The normalized spacial score (nSPS) is 24.8. The van der Waals surface area contributed by atoms with Gasteiger partial charge in [-0.15, -0.1) is 0 Å². The van der Waals surface area contributed by atoms with Crippen LogP contribution in [0.2, 0.25) is 0 Å². The lowest BCUT2D eigenvalue weighted by molar-refractivity contribution is -0.138. The highest BCUT2D eigenvalue weighted by Gasteiger charge is 2.32. The molecule has 0 aromatic heterocycles. The maximum absolute atomic E-state index is 13.0. The number of hydrogen-bond donors (Lipinski definition) is 0. The number of amides is 2. The molecule has 0 bridgehead atoms. The molecule has 130 valence electrons. The Labute approximate surface area is 142 Å². The first-order chi connectivity index (χ1) is 11.5. The highest BCUT2D eigenvalue weighted by atomic mass is 19.1. The molecule has 4 nitrogen and oxygen atoms in total. The Bertz CT molecular complexity index is 602. The predicted octanol–water partition coefficient (Wildman–Crippen LogP) is 2.94. The van der Waals surface area contributed by atoms with Crippen LogP contribution in [0.25, 0.3) is 0 Å². The fourth-order valence-electron chi connectivity index (χ4n) is 3.79. The molecule has 0 N–H and O–H groups in total. The largest absolute Gasteiger partial charge is 0.342 e. The van der Waals surface area contributed by atoms with E-state index in [-0.39, 0.29) is 23.5 Å². The molecule has 1 aromatic rings. The summed E-state index contributed by atoms with van der Waals surface area (Å²) < 4.78 is 13.0. The highest BCUT2D eigenvalue weighted by Crippen LogP contribution is 2.24. The Kier molecular flexibility index (Phi) is 5.17. The molecule has 2 atom stereocenters. The minimum Gasteiger partial charge on any atom is -0.342 e. The third kappa shape index (κ3) is 3.77. The minimum atomic E-state index is -0.350.